The largest absolute Gasteiger partial charge is 0.371 e. The van der Waals surface area contributed by atoms with Crippen molar-refractivity contribution in [3.63, 3.8) is 0 Å². The topological polar surface area (TPSA) is 104 Å². The lowest BCUT2D eigenvalue weighted by Gasteiger charge is -2.39. The predicted molar refractivity (Wildman–Crippen MR) is 91.3 cm³/mol. The molecule has 4 heterocycles. The maximum absolute atomic E-state index is 12.5. The molecule has 1 N–H and O–H groups in total. The molecule has 26 heavy (non-hydrogen) atoms. The normalized spacial score (nSPS) is 25.2. The average molecular weight is 353 g/mol. The van der Waals surface area contributed by atoms with Gasteiger partial charge in [0.05, 0.1) is 31.0 Å². The first-order valence-corrected chi connectivity index (χ1v) is 8.65. The van der Waals surface area contributed by atoms with Crippen molar-refractivity contribution in [2.75, 3.05) is 25.0 Å². The number of likely N-dealkylation sites (tertiary alicyclic amines) is 1. The van der Waals surface area contributed by atoms with Crippen molar-refractivity contribution < 1.29 is 14.1 Å². The van der Waals surface area contributed by atoms with Gasteiger partial charge in [0.15, 0.2) is 0 Å². The monoisotopic (exact) mass is 353 g/mol. The quantitative estimate of drug-likeness (QED) is 0.897. The molecule has 2 fully saturated rings. The van der Waals surface area contributed by atoms with Gasteiger partial charge in [-0.3, -0.25) is 4.79 Å². The molecule has 2 aliphatic heterocycles. The number of carbonyl (C=O) groups is 1. The molecule has 0 aromatic carbocycles. The summed E-state index contributed by atoms with van der Waals surface area (Å²) in [4.78, 5) is 18.6. The molecule has 8 nitrogen and oxygen atoms in total. The summed E-state index contributed by atoms with van der Waals surface area (Å²) in [6, 6.07) is 9.03. The van der Waals surface area contributed by atoms with Crippen molar-refractivity contribution in [2.45, 2.75) is 30.9 Å². The number of rotatable bonds is 3. The maximum Gasteiger partial charge on any atom is 0.292 e. The molecule has 1 amide bonds. The fourth-order valence-electron chi connectivity index (χ4n) is 3.76. The molecule has 4 rings (SSSR count). The highest BCUT2D eigenvalue weighted by molar-refractivity contribution is 5.91. The van der Waals surface area contributed by atoms with E-state index in [0.29, 0.717) is 31.2 Å². The number of ether oxygens (including phenoxy) is 1. The van der Waals surface area contributed by atoms with E-state index >= 15 is 0 Å². The van der Waals surface area contributed by atoms with Gasteiger partial charge >= 0.3 is 0 Å². The van der Waals surface area contributed by atoms with Crippen molar-refractivity contribution in [1.82, 2.24) is 15.0 Å². The smallest absolute Gasteiger partial charge is 0.292 e. The highest BCUT2D eigenvalue weighted by Crippen LogP contribution is 2.36. The van der Waals surface area contributed by atoms with Gasteiger partial charge in [0.25, 0.3) is 5.91 Å². The minimum atomic E-state index is -0.349. The van der Waals surface area contributed by atoms with E-state index in [1.807, 2.05) is 12.1 Å². The summed E-state index contributed by atoms with van der Waals surface area (Å²) in [5.74, 6) is 0.775. The molecular formula is C18H19N5O3. The second kappa shape index (κ2) is 6.77. The number of hydrogen-bond donors (Lipinski definition) is 1. The van der Waals surface area contributed by atoms with E-state index in [1.54, 1.807) is 23.1 Å². The summed E-state index contributed by atoms with van der Waals surface area (Å²) in [6.07, 6.45) is 4.05. The van der Waals surface area contributed by atoms with Gasteiger partial charge in [-0.25, -0.2) is 4.98 Å². The lowest BCUT2D eigenvalue weighted by molar-refractivity contribution is -0.0454. The van der Waals surface area contributed by atoms with Crippen LogP contribution >= 0.6 is 0 Å². The Hall–Kier alpha value is -2.92. The Morgan fingerprint density at radius 1 is 1.42 bits per heavy atom. The summed E-state index contributed by atoms with van der Waals surface area (Å²) in [5, 5.41) is 15.9. The molecule has 1 spiro atoms. The Labute approximate surface area is 150 Å². The first-order chi connectivity index (χ1) is 12.7. The number of nitrogens with zero attached hydrogens (tertiary/aromatic N) is 4. The molecule has 0 aliphatic carbocycles. The van der Waals surface area contributed by atoms with E-state index in [9.17, 15) is 4.79 Å². The minimum Gasteiger partial charge on any atom is -0.371 e. The predicted octanol–water partition coefficient (Wildman–Crippen LogP) is 1.82. The molecule has 2 aromatic heterocycles. The van der Waals surface area contributed by atoms with Gasteiger partial charge in [-0.1, -0.05) is 11.2 Å². The average Bonchev–Trinajstić information content (AvgIpc) is 3.32. The van der Waals surface area contributed by atoms with Gasteiger partial charge in [0.1, 0.15) is 17.6 Å². The van der Waals surface area contributed by atoms with Crippen molar-refractivity contribution in [3.05, 3.63) is 41.9 Å². The van der Waals surface area contributed by atoms with Crippen LogP contribution in [0.4, 0.5) is 5.82 Å². The highest BCUT2D eigenvalue weighted by Gasteiger charge is 2.45. The first-order valence-electron chi connectivity index (χ1n) is 8.65. The van der Waals surface area contributed by atoms with E-state index in [-0.39, 0.29) is 23.3 Å². The summed E-state index contributed by atoms with van der Waals surface area (Å²) in [5.41, 5.74) is 0.0310. The van der Waals surface area contributed by atoms with Crippen LogP contribution in [0, 0.1) is 11.3 Å². The zero-order chi connectivity index (χ0) is 18.0. The molecule has 2 saturated heterocycles. The van der Waals surface area contributed by atoms with Crippen LogP contribution in [0.2, 0.25) is 0 Å². The standard InChI is InChI=1S/C18H19N5O3/c19-10-13-3-1-4-16(21-13)22-14-9-18(25-11-14)6-2-8-23(12-18)17(24)15-5-7-20-26-15/h1,3-5,7,14H,2,6,8-9,11-12H2,(H,21,22)/t14-,18+/m1/s1. The van der Waals surface area contributed by atoms with Crippen LogP contribution in [0.1, 0.15) is 35.5 Å². The SMILES string of the molecule is N#Cc1cccc(N[C@H]2CO[C@@]3(CCCN(C(=O)c4ccno4)C3)C2)n1. The molecule has 0 bridgehead atoms. The maximum atomic E-state index is 12.5. The van der Waals surface area contributed by atoms with E-state index < -0.39 is 0 Å². The fourth-order valence-corrected chi connectivity index (χ4v) is 3.76. The highest BCUT2D eigenvalue weighted by atomic mass is 16.5. The number of carbonyl (C=O) groups excluding carboxylic acids is 1. The molecule has 2 atom stereocenters. The number of nitriles is 1. The van der Waals surface area contributed by atoms with E-state index in [0.717, 1.165) is 19.3 Å². The van der Waals surface area contributed by atoms with Gasteiger partial charge in [-0.2, -0.15) is 5.26 Å². The lowest BCUT2D eigenvalue weighted by atomic mass is 9.88. The number of hydrogen-bond acceptors (Lipinski definition) is 7. The lowest BCUT2D eigenvalue weighted by Crippen LogP contribution is -2.50. The summed E-state index contributed by atoms with van der Waals surface area (Å²) in [7, 11) is 0. The van der Waals surface area contributed by atoms with Crippen LogP contribution in [-0.2, 0) is 4.74 Å². The van der Waals surface area contributed by atoms with Crippen LogP contribution < -0.4 is 5.32 Å². The fraction of sp³-hybridized carbons (Fsp3) is 0.444. The minimum absolute atomic E-state index is 0.0942. The summed E-state index contributed by atoms with van der Waals surface area (Å²) in [6.45, 7) is 1.77. The number of aromatic nitrogens is 2. The summed E-state index contributed by atoms with van der Waals surface area (Å²) >= 11 is 0. The van der Waals surface area contributed by atoms with Gasteiger partial charge in [0, 0.05) is 19.0 Å². The Balaban J connectivity index is 1.41. The molecule has 0 unspecified atom stereocenters. The van der Waals surface area contributed by atoms with Crippen molar-refractivity contribution in [2.24, 2.45) is 0 Å². The number of amides is 1. The Kier molecular flexibility index (Phi) is 4.31. The molecule has 8 heteroatoms. The third-order valence-electron chi connectivity index (χ3n) is 4.90. The van der Waals surface area contributed by atoms with Crippen LogP contribution in [0.15, 0.2) is 35.0 Å². The Bertz CT molecular complexity index is 832. The van der Waals surface area contributed by atoms with Gasteiger partial charge in [0.2, 0.25) is 5.76 Å². The van der Waals surface area contributed by atoms with Gasteiger partial charge in [-0.05, 0) is 25.0 Å². The van der Waals surface area contributed by atoms with Crippen LogP contribution in [-0.4, -0.2) is 52.3 Å². The zero-order valence-corrected chi connectivity index (χ0v) is 14.2. The Morgan fingerprint density at radius 2 is 2.35 bits per heavy atom. The van der Waals surface area contributed by atoms with Gasteiger partial charge in [-0.15, -0.1) is 0 Å². The molecular weight excluding hydrogens is 334 g/mol. The molecule has 2 aromatic rings. The van der Waals surface area contributed by atoms with Gasteiger partial charge < -0.3 is 19.5 Å². The van der Waals surface area contributed by atoms with Crippen LogP contribution in [0.25, 0.3) is 0 Å². The van der Waals surface area contributed by atoms with Crippen molar-refractivity contribution in [3.8, 4) is 6.07 Å². The molecule has 0 saturated carbocycles. The molecule has 2 aliphatic rings. The number of anilines is 1. The second-order valence-corrected chi connectivity index (χ2v) is 6.77. The Morgan fingerprint density at radius 3 is 3.15 bits per heavy atom. The van der Waals surface area contributed by atoms with Crippen molar-refractivity contribution >= 4 is 11.7 Å². The third kappa shape index (κ3) is 3.26. The third-order valence-corrected chi connectivity index (χ3v) is 4.90. The summed E-state index contributed by atoms with van der Waals surface area (Å²) < 4.78 is 11.1. The first kappa shape index (κ1) is 16.5. The molecule has 0 radical (unpaired) electrons. The van der Waals surface area contributed by atoms with Crippen molar-refractivity contribution in [1.29, 1.82) is 5.26 Å². The van der Waals surface area contributed by atoms with E-state index in [4.69, 9.17) is 14.5 Å². The van der Waals surface area contributed by atoms with Crippen LogP contribution in [0.5, 0.6) is 0 Å². The molecule has 134 valence electrons. The van der Waals surface area contributed by atoms with Crippen LogP contribution in [0.3, 0.4) is 0 Å². The number of piperidine rings is 1. The van der Waals surface area contributed by atoms with E-state index in [2.05, 4.69) is 15.5 Å². The number of nitrogens with one attached hydrogen (secondary N) is 1. The van der Waals surface area contributed by atoms with E-state index in [1.165, 1.54) is 6.20 Å². The second-order valence-electron chi connectivity index (χ2n) is 6.77. The zero-order valence-electron chi connectivity index (χ0n) is 14.2. The number of pyridine rings is 1.